The van der Waals surface area contributed by atoms with Gasteiger partial charge in [-0.05, 0) is 48.7 Å². The molecule has 5 nitrogen and oxygen atoms in total. The zero-order valence-electron chi connectivity index (χ0n) is 17.1. The molecule has 0 saturated heterocycles. The predicted octanol–water partition coefficient (Wildman–Crippen LogP) is 4.94. The summed E-state index contributed by atoms with van der Waals surface area (Å²) < 4.78 is 14.0. The minimum Gasteiger partial charge on any atom is -0.399 e. The van der Waals surface area contributed by atoms with Crippen LogP contribution < -0.4 is 5.73 Å². The number of halogens is 1. The lowest BCUT2D eigenvalue weighted by atomic mass is 10.1. The molecular formula is C23H28ClN3O2S. The third-order valence-electron chi connectivity index (χ3n) is 4.67. The maximum atomic E-state index is 6.51. The van der Waals surface area contributed by atoms with Gasteiger partial charge in [0.1, 0.15) is 0 Å². The van der Waals surface area contributed by atoms with Crippen molar-refractivity contribution >= 4 is 29.1 Å². The van der Waals surface area contributed by atoms with E-state index in [9.17, 15) is 0 Å². The van der Waals surface area contributed by atoms with Gasteiger partial charge in [0.2, 0.25) is 0 Å². The Morgan fingerprint density at radius 2 is 2.00 bits per heavy atom. The topological polar surface area (TPSA) is 62.3 Å². The Kier molecular flexibility index (Phi) is 9.08. The average molecular weight is 446 g/mol. The summed E-state index contributed by atoms with van der Waals surface area (Å²) in [5, 5.41) is 0.753. The number of thioether (sulfide) groups is 1. The molecule has 2 N–H and O–H groups in total. The molecule has 0 aliphatic rings. The molecule has 160 valence electrons. The second-order valence-electron chi connectivity index (χ2n) is 7.14. The maximum Gasteiger partial charge on any atom is 0.0946 e. The van der Waals surface area contributed by atoms with E-state index in [4.69, 9.17) is 26.8 Å². The summed E-state index contributed by atoms with van der Waals surface area (Å²) in [6.45, 7) is 1.29. The van der Waals surface area contributed by atoms with E-state index >= 15 is 0 Å². The number of ether oxygens (including phenoxy) is 2. The fourth-order valence-electron chi connectivity index (χ4n) is 3.19. The summed E-state index contributed by atoms with van der Waals surface area (Å²) >= 11 is 7.74. The lowest BCUT2D eigenvalue weighted by Gasteiger charge is -2.25. The molecule has 7 heteroatoms. The third-order valence-corrected chi connectivity index (χ3v) is 6.05. The number of benzene rings is 2. The minimum atomic E-state index is -0.0276. The number of nitrogens with zero attached hydrogens (tertiary/aromatic N) is 2. The van der Waals surface area contributed by atoms with Gasteiger partial charge in [0, 0.05) is 47.4 Å². The van der Waals surface area contributed by atoms with Gasteiger partial charge in [-0.15, -0.1) is 11.8 Å². The summed E-state index contributed by atoms with van der Waals surface area (Å²) in [6.07, 6.45) is 7.40. The van der Waals surface area contributed by atoms with Crippen LogP contribution in [0.1, 0.15) is 12.0 Å². The highest BCUT2D eigenvalue weighted by Crippen LogP contribution is 2.23. The molecule has 0 aliphatic carbocycles. The van der Waals surface area contributed by atoms with Crippen molar-refractivity contribution in [2.45, 2.75) is 36.5 Å². The van der Waals surface area contributed by atoms with Crippen LogP contribution in [0.25, 0.3) is 0 Å². The van der Waals surface area contributed by atoms with Crippen LogP contribution in [0.3, 0.4) is 0 Å². The van der Waals surface area contributed by atoms with Crippen molar-refractivity contribution in [2.75, 3.05) is 25.2 Å². The maximum absolute atomic E-state index is 6.51. The number of anilines is 1. The number of nitrogens with two attached hydrogens (primary N) is 1. The average Bonchev–Trinajstić information content (AvgIpc) is 3.25. The van der Waals surface area contributed by atoms with Gasteiger partial charge in [-0.3, -0.25) is 0 Å². The highest BCUT2D eigenvalue weighted by molar-refractivity contribution is 7.99. The molecule has 0 aliphatic heterocycles. The van der Waals surface area contributed by atoms with Crippen LogP contribution in [0.15, 0.2) is 72.1 Å². The first-order chi connectivity index (χ1) is 14.6. The zero-order chi connectivity index (χ0) is 21.2. The lowest BCUT2D eigenvalue weighted by molar-refractivity contribution is -0.0455. The Morgan fingerprint density at radius 1 is 1.17 bits per heavy atom. The van der Waals surface area contributed by atoms with Gasteiger partial charge in [-0.25, -0.2) is 4.98 Å². The first-order valence-corrected chi connectivity index (χ1v) is 11.3. The van der Waals surface area contributed by atoms with E-state index in [2.05, 4.69) is 27.8 Å². The van der Waals surface area contributed by atoms with Crippen molar-refractivity contribution in [2.24, 2.45) is 0 Å². The Morgan fingerprint density at radius 3 is 2.70 bits per heavy atom. The first-order valence-electron chi connectivity index (χ1n) is 9.95. The van der Waals surface area contributed by atoms with Crippen molar-refractivity contribution in [3.05, 3.63) is 77.8 Å². The molecule has 0 amide bonds. The van der Waals surface area contributed by atoms with Crippen molar-refractivity contribution in [1.82, 2.24) is 9.55 Å². The van der Waals surface area contributed by atoms with Crippen molar-refractivity contribution in [3.8, 4) is 0 Å². The molecule has 3 rings (SSSR count). The Balaban J connectivity index is 1.62. The number of aromatic nitrogens is 2. The SMILES string of the molecule is COC[C@H](CSc1cccc(N)c1)O[C@@H](CCc1ccc(Cl)cc1)Cn1ccnc1. The van der Waals surface area contributed by atoms with Gasteiger partial charge >= 0.3 is 0 Å². The van der Waals surface area contributed by atoms with Crippen LogP contribution in [0.5, 0.6) is 0 Å². The Hall–Kier alpha value is -1.99. The van der Waals surface area contributed by atoms with Crippen LogP contribution >= 0.6 is 23.4 Å². The number of hydrogen-bond donors (Lipinski definition) is 1. The molecule has 1 heterocycles. The normalized spacial score (nSPS) is 13.3. The summed E-state index contributed by atoms with van der Waals surface area (Å²) in [6, 6.07) is 15.9. The largest absolute Gasteiger partial charge is 0.399 e. The Labute approximate surface area is 187 Å². The van der Waals surface area contributed by atoms with Crippen molar-refractivity contribution in [3.63, 3.8) is 0 Å². The molecular weight excluding hydrogens is 418 g/mol. The first kappa shape index (κ1) is 22.7. The van der Waals surface area contributed by atoms with E-state index in [0.29, 0.717) is 6.61 Å². The van der Waals surface area contributed by atoms with Crippen molar-refractivity contribution < 1.29 is 9.47 Å². The summed E-state index contributed by atoms with van der Waals surface area (Å²) in [4.78, 5) is 5.29. The molecule has 0 unspecified atom stereocenters. The number of aryl methyl sites for hydroxylation is 1. The standard InChI is InChI=1S/C23H28ClN3O2S/c1-28-15-22(16-30-23-4-2-3-20(25)13-23)29-21(14-27-12-11-26-17-27)10-7-18-5-8-19(24)9-6-18/h2-6,8-9,11-13,17,21-22H,7,10,14-16,25H2,1H3/t21-,22+/m0/s1. The van der Waals surface area contributed by atoms with E-state index < -0.39 is 0 Å². The molecule has 0 fully saturated rings. The fourth-order valence-corrected chi connectivity index (χ4v) is 4.26. The Bertz CT molecular complexity index is 874. The summed E-state index contributed by atoms with van der Waals surface area (Å²) in [5.41, 5.74) is 7.91. The summed E-state index contributed by atoms with van der Waals surface area (Å²) in [7, 11) is 1.71. The monoisotopic (exact) mass is 445 g/mol. The van der Waals surface area contributed by atoms with E-state index in [1.807, 2.05) is 42.9 Å². The molecule has 1 aromatic heterocycles. The number of hydrogen-bond acceptors (Lipinski definition) is 5. The van der Waals surface area contributed by atoms with Crippen LogP contribution in [0, 0.1) is 0 Å². The van der Waals surface area contributed by atoms with Crippen LogP contribution in [-0.2, 0) is 22.4 Å². The second-order valence-corrected chi connectivity index (χ2v) is 8.67. The minimum absolute atomic E-state index is 0.0276. The third kappa shape index (κ3) is 7.69. The summed E-state index contributed by atoms with van der Waals surface area (Å²) in [5.74, 6) is 0.790. The number of nitrogen functional groups attached to an aromatic ring is 1. The van der Waals surface area contributed by atoms with Gasteiger partial charge in [0.05, 0.1) is 25.1 Å². The smallest absolute Gasteiger partial charge is 0.0946 e. The zero-order valence-corrected chi connectivity index (χ0v) is 18.7. The van der Waals surface area contributed by atoms with E-state index in [1.54, 1.807) is 25.1 Å². The quantitative estimate of drug-likeness (QED) is 0.316. The van der Waals surface area contributed by atoms with Gasteiger partial charge in [0.25, 0.3) is 0 Å². The fraction of sp³-hybridized carbons (Fsp3) is 0.348. The highest BCUT2D eigenvalue weighted by atomic mass is 35.5. The molecule has 30 heavy (non-hydrogen) atoms. The molecule has 2 atom stereocenters. The molecule has 3 aromatic rings. The van der Waals surface area contributed by atoms with Crippen LogP contribution in [0.4, 0.5) is 5.69 Å². The van der Waals surface area contributed by atoms with Gasteiger partial charge in [-0.1, -0.05) is 29.8 Å². The number of imidazole rings is 1. The predicted molar refractivity (Wildman–Crippen MR) is 124 cm³/mol. The van der Waals surface area contributed by atoms with Crippen LogP contribution in [0.2, 0.25) is 5.02 Å². The molecule has 0 spiro atoms. The van der Waals surface area contributed by atoms with E-state index in [1.165, 1.54) is 5.56 Å². The van der Waals surface area contributed by atoms with Crippen LogP contribution in [-0.4, -0.2) is 41.2 Å². The molecule has 0 saturated carbocycles. The van der Waals surface area contributed by atoms with E-state index in [0.717, 1.165) is 40.7 Å². The molecule has 2 aromatic carbocycles. The van der Waals surface area contributed by atoms with Gasteiger partial charge in [-0.2, -0.15) is 0 Å². The second kappa shape index (κ2) is 12.0. The number of rotatable bonds is 12. The highest BCUT2D eigenvalue weighted by Gasteiger charge is 2.18. The molecule has 0 bridgehead atoms. The molecule has 0 radical (unpaired) electrons. The van der Waals surface area contributed by atoms with Gasteiger partial charge in [0.15, 0.2) is 0 Å². The van der Waals surface area contributed by atoms with E-state index in [-0.39, 0.29) is 12.2 Å². The van der Waals surface area contributed by atoms with Gasteiger partial charge < -0.3 is 19.8 Å². The number of methoxy groups -OCH3 is 1. The lowest BCUT2D eigenvalue weighted by Crippen LogP contribution is -2.31. The van der Waals surface area contributed by atoms with Crippen molar-refractivity contribution in [1.29, 1.82) is 0 Å².